The summed E-state index contributed by atoms with van der Waals surface area (Å²) in [6.07, 6.45) is 9.47. The van der Waals surface area contributed by atoms with Crippen molar-refractivity contribution in [2.75, 3.05) is 33.3 Å². The quantitative estimate of drug-likeness (QED) is 0.415. The molecule has 3 amide bonds. The first-order valence-electron chi connectivity index (χ1n) is 13.6. The summed E-state index contributed by atoms with van der Waals surface area (Å²) in [5, 5.41) is 17.7. The van der Waals surface area contributed by atoms with Crippen molar-refractivity contribution in [3.05, 3.63) is 48.6 Å². The number of likely N-dealkylation sites (tertiary alicyclic amines) is 1. The number of rotatable bonds is 7. The Labute approximate surface area is 226 Å². The van der Waals surface area contributed by atoms with Gasteiger partial charge in [-0.15, -0.1) is 5.10 Å². The molecule has 1 unspecified atom stereocenters. The number of hydrogen-bond donors (Lipinski definition) is 1. The molecule has 1 spiro atoms. The van der Waals surface area contributed by atoms with Gasteiger partial charge in [0.15, 0.2) is 0 Å². The van der Waals surface area contributed by atoms with Crippen LogP contribution in [-0.4, -0.2) is 103 Å². The van der Waals surface area contributed by atoms with E-state index >= 15 is 0 Å². The first-order valence-corrected chi connectivity index (χ1v) is 13.6. The van der Waals surface area contributed by atoms with Crippen LogP contribution in [0, 0.1) is 11.8 Å². The van der Waals surface area contributed by atoms with Crippen LogP contribution in [0.15, 0.2) is 48.6 Å². The molecular weight excluding hydrogens is 500 g/mol. The molecule has 39 heavy (non-hydrogen) atoms. The Morgan fingerprint density at radius 1 is 1.00 bits per heavy atom. The lowest BCUT2D eigenvalue weighted by Crippen LogP contribution is -2.56. The van der Waals surface area contributed by atoms with Crippen LogP contribution >= 0.6 is 0 Å². The van der Waals surface area contributed by atoms with Crippen molar-refractivity contribution in [2.24, 2.45) is 11.8 Å². The SMILES string of the molecule is CN1CC=C[C@]2(C)O[C@]34C=CCN(Cn5nnc6ccccc65)C(=O)C3N(CCCCCO)C(=O)[C@@H]4[C@@H]2C1=O. The Morgan fingerprint density at radius 3 is 2.62 bits per heavy atom. The fourth-order valence-corrected chi connectivity index (χ4v) is 6.81. The van der Waals surface area contributed by atoms with Crippen LogP contribution in [0.3, 0.4) is 0 Å². The number of fused-ring (bicyclic) bond motifs is 3. The number of unbranched alkanes of at least 4 members (excludes halogenated alkanes) is 2. The Bertz CT molecular complexity index is 1370. The van der Waals surface area contributed by atoms with Gasteiger partial charge in [0.1, 0.15) is 23.8 Å². The van der Waals surface area contributed by atoms with Crippen molar-refractivity contribution in [1.29, 1.82) is 0 Å². The van der Waals surface area contributed by atoms with Gasteiger partial charge in [-0.2, -0.15) is 0 Å². The largest absolute Gasteiger partial charge is 0.396 e. The number of para-hydroxylation sites is 1. The minimum absolute atomic E-state index is 0.0714. The molecule has 5 atom stereocenters. The average Bonchev–Trinajstić information content (AvgIpc) is 3.45. The van der Waals surface area contributed by atoms with E-state index in [1.54, 1.807) is 26.4 Å². The number of amides is 3. The van der Waals surface area contributed by atoms with Crippen LogP contribution in [-0.2, 0) is 25.8 Å². The summed E-state index contributed by atoms with van der Waals surface area (Å²) in [4.78, 5) is 47.1. The molecule has 1 N–H and O–H groups in total. The lowest BCUT2D eigenvalue weighted by atomic mass is 9.74. The molecule has 11 nitrogen and oxygen atoms in total. The number of aliphatic hydroxyl groups excluding tert-OH is 1. The van der Waals surface area contributed by atoms with E-state index in [9.17, 15) is 19.5 Å². The second-order valence-corrected chi connectivity index (χ2v) is 11.1. The molecule has 1 aromatic heterocycles. The van der Waals surface area contributed by atoms with Gasteiger partial charge in [0.05, 0.1) is 23.0 Å². The summed E-state index contributed by atoms with van der Waals surface area (Å²) < 4.78 is 8.47. The van der Waals surface area contributed by atoms with Gasteiger partial charge in [-0.3, -0.25) is 14.4 Å². The Kier molecular flexibility index (Phi) is 6.30. The highest BCUT2D eigenvalue weighted by Crippen LogP contribution is 2.57. The highest BCUT2D eigenvalue weighted by molar-refractivity contribution is 6.00. The highest BCUT2D eigenvalue weighted by Gasteiger charge is 2.74. The summed E-state index contributed by atoms with van der Waals surface area (Å²) >= 11 is 0. The number of carbonyl (C=O) groups is 3. The fraction of sp³-hybridized carbons (Fsp3) is 0.536. The summed E-state index contributed by atoms with van der Waals surface area (Å²) in [5.41, 5.74) is -0.761. The van der Waals surface area contributed by atoms with Crippen LogP contribution in [0.1, 0.15) is 26.2 Å². The summed E-state index contributed by atoms with van der Waals surface area (Å²) in [6.45, 7) is 3.16. The number of ether oxygens (including phenoxy) is 1. The maximum Gasteiger partial charge on any atom is 0.250 e. The second-order valence-electron chi connectivity index (χ2n) is 11.1. The third-order valence-corrected chi connectivity index (χ3v) is 8.62. The van der Waals surface area contributed by atoms with Crippen molar-refractivity contribution in [2.45, 2.75) is 50.1 Å². The molecule has 2 fully saturated rings. The maximum atomic E-state index is 14.4. The van der Waals surface area contributed by atoms with Gasteiger partial charge in [0.2, 0.25) is 11.8 Å². The van der Waals surface area contributed by atoms with Gasteiger partial charge in [-0.1, -0.05) is 41.7 Å². The predicted octanol–water partition coefficient (Wildman–Crippen LogP) is 0.949. The fourth-order valence-electron chi connectivity index (χ4n) is 6.81. The molecule has 0 bridgehead atoms. The van der Waals surface area contributed by atoms with Crippen LogP contribution < -0.4 is 0 Å². The van der Waals surface area contributed by atoms with E-state index in [0.29, 0.717) is 32.5 Å². The van der Waals surface area contributed by atoms with Gasteiger partial charge in [-0.05, 0) is 38.3 Å². The highest BCUT2D eigenvalue weighted by atomic mass is 16.5. The molecule has 0 radical (unpaired) electrons. The van der Waals surface area contributed by atoms with Crippen LogP contribution in [0.5, 0.6) is 0 Å². The number of hydrogen-bond acceptors (Lipinski definition) is 7. The zero-order valence-electron chi connectivity index (χ0n) is 22.3. The zero-order valence-corrected chi connectivity index (χ0v) is 22.3. The molecular formula is C28H34N6O5. The first-order chi connectivity index (χ1) is 18.8. The van der Waals surface area contributed by atoms with Crippen LogP contribution in [0.2, 0.25) is 0 Å². The van der Waals surface area contributed by atoms with Crippen molar-refractivity contribution in [3.8, 4) is 0 Å². The number of benzene rings is 1. The average molecular weight is 535 g/mol. The molecule has 5 heterocycles. The molecule has 11 heteroatoms. The third-order valence-electron chi connectivity index (χ3n) is 8.62. The topological polar surface area (TPSA) is 121 Å². The third kappa shape index (κ3) is 3.89. The monoisotopic (exact) mass is 534 g/mol. The molecule has 6 rings (SSSR count). The normalized spacial score (nSPS) is 32.0. The van der Waals surface area contributed by atoms with E-state index in [4.69, 9.17) is 4.74 Å². The molecule has 4 aliphatic rings. The molecule has 206 valence electrons. The molecule has 4 aliphatic heterocycles. The molecule has 2 aromatic rings. The number of likely N-dealkylation sites (N-methyl/N-ethyl adjacent to an activating group) is 1. The van der Waals surface area contributed by atoms with Gasteiger partial charge in [0.25, 0.3) is 5.91 Å². The summed E-state index contributed by atoms with van der Waals surface area (Å²) in [7, 11) is 1.73. The minimum Gasteiger partial charge on any atom is -0.396 e. The van der Waals surface area contributed by atoms with E-state index in [0.717, 1.165) is 17.5 Å². The van der Waals surface area contributed by atoms with Gasteiger partial charge in [0, 0.05) is 33.3 Å². The molecule has 1 aromatic carbocycles. The Morgan fingerprint density at radius 2 is 1.79 bits per heavy atom. The number of aromatic nitrogens is 3. The van der Waals surface area contributed by atoms with E-state index in [2.05, 4.69) is 10.3 Å². The van der Waals surface area contributed by atoms with Crippen LogP contribution in [0.4, 0.5) is 0 Å². The molecule has 0 saturated carbocycles. The number of carbonyl (C=O) groups excluding carboxylic acids is 3. The summed E-state index contributed by atoms with van der Waals surface area (Å²) in [5.74, 6) is -2.21. The van der Waals surface area contributed by atoms with E-state index in [1.165, 1.54) is 0 Å². The van der Waals surface area contributed by atoms with Crippen LogP contribution in [0.25, 0.3) is 11.0 Å². The Hall–Kier alpha value is -3.57. The van der Waals surface area contributed by atoms with Gasteiger partial charge in [-0.25, -0.2) is 4.68 Å². The minimum atomic E-state index is -1.28. The van der Waals surface area contributed by atoms with Crippen molar-refractivity contribution in [1.82, 2.24) is 29.7 Å². The van der Waals surface area contributed by atoms with Gasteiger partial charge >= 0.3 is 0 Å². The second kappa shape index (κ2) is 9.56. The first kappa shape index (κ1) is 25.7. The predicted molar refractivity (Wildman–Crippen MR) is 141 cm³/mol. The van der Waals surface area contributed by atoms with Crippen molar-refractivity contribution in [3.63, 3.8) is 0 Å². The molecule has 0 aliphatic carbocycles. The number of aliphatic hydroxyl groups is 1. The van der Waals surface area contributed by atoms with Crippen molar-refractivity contribution >= 4 is 28.8 Å². The van der Waals surface area contributed by atoms with E-state index < -0.39 is 29.1 Å². The Balaban J connectivity index is 1.40. The molecule has 2 saturated heterocycles. The van der Waals surface area contributed by atoms with Gasteiger partial charge < -0.3 is 24.5 Å². The maximum absolute atomic E-state index is 14.4. The lowest BCUT2D eigenvalue weighted by Gasteiger charge is -2.37. The lowest BCUT2D eigenvalue weighted by molar-refractivity contribution is -0.153. The van der Waals surface area contributed by atoms with E-state index in [-0.39, 0.29) is 31.0 Å². The zero-order chi connectivity index (χ0) is 27.4. The smallest absolute Gasteiger partial charge is 0.250 e. The summed E-state index contributed by atoms with van der Waals surface area (Å²) in [6, 6.07) is 6.63. The van der Waals surface area contributed by atoms with E-state index in [1.807, 2.05) is 55.5 Å². The van der Waals surface area contributed by atoms with Crippen molar-refractivity contribution < 1.29 is 24.2 Å². The number of nitrogens with zero attached hydrogens (tertiary/aromatic N) is 6. The standard InChI is InChI=1S/C28H34N6O5/c1-27-12-8-14-31(2)24(36)21(27)22-25(37)33(16-6-3-7-17-35)23-26(38)32(15-9-13-28(22,23)39-27)18-34-20-11-5-4-10-19(20)29-30-34/h4-5,8-13,21-23,35H,3,6-7,14-18H2,1-2H3/t21-,22+,23?,27+,28+/m1/s1.